The molecule has 0 unspecified atom stereocenters. The molecule has 28 heavy (non-hydrogen) atoms. The number of aryl methyl sites for hydroxylation is 1. The number of ether oxygens (including phenoxy) is 1. The van der Waals surface area contributed by atoms with Crippen molar-refractivity contribution in [3.05, 3.63) is 53.2 Å². The quantitative estimate of drug-likeness (QED) is 0.637. The van der Waals surface area contributed by atoms with E-state index in [-0.39, 0.29) is 16.2 Å². The van der Waals surface area contributed by atoms with Gasteiger partial charge in [0.25, 0.3) is 5.56 Å². The molecule has 0 amide bonds. The van der Waals surface area contributed by atoms with Gasteiger partial charge in [-0.3, -0.25) is 9.78 Å². The van der Waals surface area contributed by atoms with Crippen molar-refractivity contribution in [1.82, 2.24) is 9.55 Å². The van der Waals surface area contributed by atoms with E-state index in [1.54, 1.807) is 56.8 Å². The maximum Gasteiger partial charge on any atom is 0.259 e. The summed E-state index contributed by atoms with van der Waals surface area (Å²) < 4.78 is 32.4. The zero-order valence-electron chi connectivity index (χ0n) is 15.9. The third-order valence-corrected chi connectivity index (χ3v) is 6.87. The summed E-state index contributed by atoms with van der Waals surface area (Å²) in [6.45, 7) is 2.23. The molecule has 0 aliphatic heterocycles. The third kappa shape index (κ3) is 3.42. The largest absolute Gasteiger partial charge is 0.493 e. The van der Waals surface area contributed by atoms with E-state index in [2.05, 4.69) is 4.98 Å². The summed E-state index contributed by atoms with van der Waals surface area (Å²) in [4.78, 5) is 16.8. The molecule has 1 aromatic carbocycles. The Labute approximate surface area is 163 Å². The second-order valence-electron chi connectivity index (χ2n) is 7.20. The second kappa shape index (κ2) is 7.05. The van der Waals surface area contributed by atoms with E-state index in [0.717, 1.165) is 23.8 Å². The number of hydrogen-bond acceptors (Lipinski definition) is 5. The van der Waals surface area contributed by atoms with Crippen LogP contribution in [0.3, 0.4) is 0 Å². The molecular weight excluding hydrogens is 376 g/mol. The summed E-state index contributed by atoms with van der Waals surface area (Å²) in [6.07, 6.45) is 7.21. The molecule has 0 saturated heterocycles. The zero-order chi connectivity index (χ0) is 19.9. The van der Waals surface area contributed by atoms with Gasteiger partial charge in [0, 0.05) is 36.8 Å². The summed E-state index contributed by atoms with van der Waals surface area (Å²) in [5, 5.41) is 1.21. The highest BCUT2D eigenvalue weighted by atomic mass is 32.2. The Bertz CT molecular complexity index is 1210. The maximum absolute atomic E-state index is 12.5. The lowest BCUT2D eigenvalue weighted by Gasteiger charge is -2.16. The van der Waals surface area contributed by atoms with Gasteiger partial charge in [0.15, 0.2) is 9.84 Å². The molecule has 0 spiro atoms. The van der Waals surface area contributed by atoms with Crippen LogP contribution in [0.5, 0.6) is 5.75 Å². The zero-order valence-corrected chi connectivity index (χ0v) is 16.7. The average molecular weight is 398 g/mol. The number of pyridine rings is 2. The summed E-state index contributed by atoms with van der Waals surface area (Å²) >= 11 is 0. The van der Waals surface area contributed by atoms with E-state index in [1.165, 1.54) is 4.57 Å². The number of aromatic nitrogens is 2. The normalized spacial score (nSPS) is 14.4. The van der Waals surface area contributed by atoms with Crippen LogP contribution >= 0.6 is 0 Å². The Balaban J connectivity index is 1.96. The SMILES string of the molecule is CCS(=O)(=O)c1ccc(OCC2CC2)c(-c2cn(C)c(=O)c3cnccc23)c1. The van der Waals surface area contributed by atoms with Gasteiger partial charge >= 0.3 is 0 Å². The van der Waals surface area contributed by atoms with Crippen molar-refractivity contribution in [1.29, 1.82) is 0 Å². The van der Waals surface area contributed by atoms with Gasteiger partial charge in [-0.25, -0.2) is 8.42 Å². The van der Waals surface area contributed by atoms with E-state index in [9.17, 15) is 13.2 Å². The molecule has 0 bridgehead atoms. The van der Waals surface area contributed by atoms with E-state index in [0.29, 0.717) is 29.2 Å². The second-order valence-corrected chi connectivity index (χ2v) is 9.47. The van der Waals surface area contributed by atoms with E-state index >= 15 is 0 Å². The van der Waals surface area contributed by atoms with E-state index in [4.69, 9.17) is 4.74 Å². The molecule has 7 heteroatoms. The third-order valence-electron chi connectivity index (χ3n) is 5.14. The maximum atomic E-state index is 12.5. The molecule has 1 aliphatic rings. The molecule has 6 nitrogen and oxygen atoms in total. The Morgan fingerprint density at radius 2 is 1.96 bits per heavy atom. The molecule has 146 valence electrons. The van der Waals surface area contributed by atoms with Crippen LogP contribution in [0.15, 0.2) is 52.5 Å². The highest BCUT2D eigenvalue weighted by Gasteiger charge is 2.24. The van der Waals surface area contributed by atoms with Crippen molar-refractivity contribution in [3.8, 4) is 16.9 Å². The highest BCUT2D eigenvalue weighted by molar-refractivity contribution is 7.91. The number of nitrogens with zero attached hydrogens (tertiary/aromatic N) is 2. The van der Waals surface area contributed by atoms with Crippen LogP contribution in [0.25, 0.3) is 21.9 Å². The Hall–Kier alpha value is -2.67. The summed E-state index contributed by atoms with van der Waals surface area (Å²) in [6, 6.07) is 6.74. The van der Waals surface area contributed by atoms with Crippen LogP contribution in [0.4, 0.5) is 0 Å². The molecular formula is C21H22N2O4S. The van der Waals surface area contributed by atoms with Crippen molar-refractivity contribution < 1.29 is 13.2 Å². The number of hydrogen-bond donors (Lipinski definition) is 0. The van der Waals surface area contributed by atoms with Gasteiger partial charge in [0.1, 0.15) is 5.75 Å². The molecule has 0 atom stereocenters. The summed E-state index contributed by atoms with van der Waals surface area (Å²) in [7, 11) is -1.70. The first-order chi connectivity index (χ1) is 13.4. The van der Waals surface area contributed by atoms with Crippen molar-refractivity contribution in [2.24, 2.45) is 13.0 Å². The molecule has 1 aliphatic carbocycles. The first kappa shape index (κ1) is 18.7. The van der Waals surface area contributed by atoms with Crippen molar-refractivity contribution in [2.75, 3.05) is 12.4 Å². The fourth-order valence-corrected chi connectivity index (χ4v) is 4.13. The molecule has 0 N–H and O–H groups in total. The predicted octanol–water partition coefficient (Wildman–Crippen LogP) is 3.18. The van der Waals surface area contributed by atoms with Gasteiger partial charge in [-0.2, -0.15) is 0 Å². The molecule has 0 radical (unpaired) electrons. The number of benzene rings is 1. The minimum absolute atomic E-state index is 0.0205. The fraction of sp³-hybridized carbons (Fsp3) is 0.333. The smallest absolute Gasteiger partial charge is 0.259 e. The fourth-order valence-electron chi connectivity index (χ4n) is 3.22. The van der Waals surface area contributed by atoms with Crippen molar-refractivity contribution in [2.45, 2.75) is 24.7 Å². The molecule has 2 heterocycles. The minimum atomic E-state index is -3.37. The number of rotatable bonds is 6. The minimum Gasteiger partial charge on any atom is -0.493 e. The first-order valence-corrected chi connectivity index (χ1v) is 11.0. The lowest BCUT2D eigenvalue weighted by Crippen LogP contribution is -2.17. The van der Waals surface area contributed by atoms with Gasteiger partial charge in [-0.05, 0) is 48.4 Å². The van der Waals surface area contributed by atoms with Crippen LogP contribution in [-0.4, -0.2) is 30.3 Å². The predicted molar refractivity (Wildman–Crippen MR) is 108 cm³/mol. The van der Waals surface area contributed by atoms with Gasteiger partial charge in [-0.1, -0.05) is 6.92 Å². The van der Waals surface area contributed by atoms with Crippen molar-refractivity contribution in [3.63, 3.8) is 0 Å². The van der Waals surface area contributed by atoms with Gasteiger partial charge in [-0.15, -0.1) is 0 Å². The standard InChI is InChI=1S/C21H22N2O4S/c1-3-28(25,26)15-6-7-20(27-13-14-4-5-14)17(10-15)19-12-23(2)21(24)18-11-22-9-8-16(18)19/h6-12,14H,3-5,13H2,1-2H3. The van der Waals surface area contributed by atoms with E-state index < -0.39 is 9.84 Å². The molecule has 3 aromatic rings. The van der Waals surface area contributed by atoms with Crippen LogP contribution in [0, 0.1) is 5.92 Å². The topological polar surface area (TPSA) is 78.3 Å². The highest BCUT2D eigenvalue weighted by Crippen LogP contribution is 2.37. The first-order valence-electron chi connectivity index (χ1n) is 9.34. The van der Waals surface area contributed by atoms with Gasteiger partial charge in [0.05, 0.1) is 22.6 Å². The van der Waals surface area contributed by atoms with Crippen LogP contribution in [-0.2, 0) is 16.9 Å². The van der Waals surface area contributed by atoms with Crippen LogP contribution in [0.2, 0.25) is 0 Å². The number of fused-ring (bicyclic) bond motifs is 1. The average Bonchev–Trinajstić information content (AvgIpc) is 3.53. The molecule has 1 saturated carbocycles. The Morgan fingerprint density at radius 3 is 2.68 bits per heavy atom. The Kier molecular flexibility index (Phi) is 4.71. The van der Waals surface area contributed by atoms with Gasteiger partial charge in [0.2, 0.25) is 0 Å². The van der Waals surface area contributed by atoms with E-state index in [1.807, 2.05) is 0 Å². The lowest BCUT2D eigenvalue weighted by atomic mass is 10.0. The van der Waals surface area contributed by atoms with Gasteiger partial charge < -0.3 is 9.30 Å². The Morgan fingerprint density at radius 1 is 1.18 bits per heavy atom. The molecule has 1 fully saturated rings. The van der Waals surface area contributed by atoms with Crippen molar-refractivity contribution >= 4 is 20.6 Å². The number of sulfone groups is 1. The lowest BCUT2D eigenvalue weighted by molar-refractivity contribution is 0.301. The molecule has 2 aromatic heterocycles. The summed E-state index contributed by atoms with van der Waals surface area (Å²) in [5.74, 6) is 1.21. The van der Waals surface area contributed by atoms with Crippen LogP contribution < -0.4 is 10.3 Å². The molecule has 4 rings (SSSR count). The van der Waals surface area contributed by atoms with Crippen LogP contribution in [0.1, 0.15) is 19.8 Å². The summed E-state index contributed by atoms with van der Waals surface area (Å²) in [5.41, 5.74) is 1.27. The monoisotopic (exact) mass is 398 g/mol.